The van der Waals surface area contributed by atoms with E-state index >= 15 is 0 Å². The minimum Gasteiger partial charge on any atom is -0.347 e. The second-order valence-corrected chi connectivity index (χ2v) is 11.3. The number of amides is 1. The molecule has 0 saturated heterocycles. The summed E-state index contributed by atoms with van der Waals surface area (Å²) in [7, 11) is 1.78. The fourth-order valence-electron chi connectivity index (χ4n) is 4.77. The summed E-state index contributed by atoms with van der Waals surface area (Å²) >= 11 is 0. The zero-order valence-corrected chi connectivity index (χ0v) is 20.6. The summed E-state index contributed by atoms with van der Waals surface area (Å²) in [6.45, 7) is 13.0. The standard InChI is InChI=1S/C24H34N6O3/c1-14-19(28-33-27-14)21(31)26-18-12-15(10-11-24(18,5)6)16-8-9-17-20(25-16)29(7)22(32)30(17)13-23(2,3)4/h8-9,15,18H,10-13H2,1-7H3,(H,26,31). The predicted octanol–water partition coefficient (Wildman–Crippen LogP) is 3.56. The van der Waals surface area contributed by atoms with Gasteiger partial charge in [0.2, 0.25) is 0 Å². The van der Waals surface area contributed by atoms with Crippen LogP contribution in [0.3, 0.4) is 0 Å². The number of hydrogen-bond donors (Lipinski definition) is 1. The van der Waals surface area contributed by atoms with Gasteiger partial charge in [0.05, 0.1) is 5.52 Å². The van der Waals surface area contributed by atoms with Gasteiger partial charge in [0.15, 0.2) is 11.3 Å². The van der Waals surface area contributed by atoms with Gasteiger partial charge >= 0.3 is 5.69 Å². The van der Waals surface area contributed by atoms with E-state index in [9.17, 15) is 9.59 Å². The number of carbonyl (C=O) groups excluding carboxylic acids is 1. The average Bonchev–Trinajstić information content (AvgIpc) is 3.25. The Kier molecular flexibility index (Phi) is 5.70. The van der Waals surface area contributed by atoms with Crippen molar-refractivity contribution in [1.82, 2.24) is 29.7 Å². The van der Waals surface area contributed by atoms with Gasteiger partial charge < -0.3 is 5.32 Å². The molecular weight excluding hydrogens is 420 g/mol. The van der Waals surface area contributed by atoms with Crippen LogP contribution in [0.15, 0.2) is 21.6 Å². The molecule has 1 saturated carbocycles. The molecule has 0 aromatic carbocycles. The van der Waals surface area contributed by atoms with E-state index < -0.39 is 0 Å². The fourth-order valence-corrected chi connectivity index (χ4v) is 4.77. The number of nitrogens with zero attached hydrogens (tertiary/aromatic N) is 5. The van der Waals surface area contributed by atoms with Crippen molar-refractivity contribution in [3.8, 4) is 0 Å². The van der Waals surface area contributed by atoms with Crippen molar-refractivity contribution in [2.75, 3.05) is 0 Å². The minimum absolute atomic E-state index is 0.0190. The van der Waals surface area contributed by atoms with Crippen LogP contribution >= 0.6 is 0 Å². The molecule has 1 fully saturated rings. The van der Waals surface area contributed by atoms with Crippen LogP contribution in [0.2, 0.25) is 0 Å². The summed E-state index contributed by atoms with van der Waals surface area (Å²) in [5.41, 5.74) is 3.09. The van der Waals surface area contributed by atoms with Crippen LogP contribution in [-0.4, -0.2) is 36.4 Å². The zero-order chi connectivity index (χ0) is 24.1. The summed E-state index contributed by atoms with van der Waals surface area (Å²) in [6, 6.07) is 4.00. The average molecular weight is 455 g/mol. The number of aryl methyl sites for hydroxylation is 2. The van der Waals surface area contributed by atoms with Crippen LogP contribution in [0.5, 0.6) is 0 Å². The largest absolute Gasteiger partial charge is 0.347 e. The van der Waals surface area contributed by atoms with Crippen molar-refractivity contribution in [2.45, 2.75) is 79.3 Å². The van der Waals surface area contributed by atoms with E-state index in [0.29, 0.717) is 17.9 Å². The van der Waals surface area contributed by atoms with Crippen molar-refractivity contribution in [3.63, 3.8) is 0 Å². The Balaban J connectivity index is 1.61. The molecular formula is C24H34N6O3. The van der Waals surface area contributed by atoms with Gasteiger partial charge in [-0.1, -0.05) is 39.8 Å². The van der Waals surface area contributed by atoms with Crippen molar-refractivity contribution < 1.29 is 9.42 Å². The lowest BCUT2D eigenvalue weighted by Crippen LogP contribution is -2.48. The molecule has 1 aliphatic carbocycles. The Morgan fingerprint density at radius 2 is 2.00 bits per heavy atom. The number of rotatable bonds is 4. The summed E-state index contributed by atoms with van der Waals surface area (Å²) in [4.78, 5) is 30.6. The molecule has 3 aromatic heterocycles. The van der Waals surface area contributed by atoms with Gasteiger partial charge in [-0.05, 0) is 54.3 Å². The zero-order valence-electron chi connectivity index (χ0n) is 20.6. The Bertz CT molecular complexity index is 1240. The molecule has 1 aliphatic rings. The van der Waals surface area contributed by atoms with Crippen molar-refractivity contribution in [3.05, 3.63) is 39.7 Å². The monoisotopic (exact) mass is 454 g/mol. The highest BCUT2D eigenvalue weighted by atomic mass is 16.6. The number of carbonyl (C=O) groups is 1. The summed E-state index contributed by atoms with van der Waals surface area (Å²) in [6.07, 6.45) is 2.68. The lowest BCUT2D eigenvalue weighted by atomic mass is 9.68. The number of fused-ring (bicyclic) bond motifs is 1. The quantitative estimate of drug-likeness (QED) is 0.646. The van der Waals surface area contributed by atoms with Gasteiger partial charge in [-0.3, -0.25) is 13.9 Å². The lowest BCUT2D eigenvalue weighted by Gasteiger charge is -2.42. The molecule has 3 heterocycles. The van der Waals surface area contributed by atoms with Gasteiger partial charge in [0, 0.05) is 31.2 Å². The fraction of sp³-hybridized carbons (Fsp3) is 0.625. The number of hydrogen-bond acceptors (Lipinski definition) is 6. The van der Waals surface area contributed by atoms with Crippen molar-refractivity contribution in [2.24, 2.45) is 17.9 Å². The first kappa shape index (κ1) is 23.2. The van der Waals surface area contributed by atoms with Gasteiger partial charge in [0.25, 0.3) is 5.91 Å². The Morgan fingerprint density at radius 1 is 1.27 bits per heavy atom. The van der Waals surface area contributed by atoms with Crippen LogP contribution in [0, 0.1) is 17.8 Å². The molecule has 0 radical (unpaired) electrons. The first-order valence-corrected chi connectivity index (χ1v) is 11.5. The van der Waals surface area contributed by atoms with E-state index in [-0.39, 0.29) is 40.1 Å². The molecule has 4 rings (SSSR count). The number of imidazole rings is 1. The minimum atomic E-state index is -0.266. The first-order valence-electron chi connectivity index (χ1n) is 11.5. The second-order valence-electron chi connectivity index (χ2n) is 11.3. The Labute approximate surface area is 193 Å². The molecule has 2 unspecified atom stereocenters. The van der Waals surface area contributed by atoms with E-state index in [1.165, 1.54) is 0 Å². The molecule has 1 N–H and O–H groups in total. The summed E-state index contributed by atoms with van der Waals surface area (Å²) in [5.74, 6) is -0.0807. The molecule has 178 valence electrons. The van der Waals surface area contributed by atoms with Crippen molar-refractivity contribution >= 4 is 17.1 Å². The van der Waals surface area contributed by atoms with Gasteiger partial charge in [-0.15, -0.1) is 0 Å². The third-order valence-electron chi connectivity index (χ3n) is 6.83. The number of nitrogens with one attached hydrogen (secondary N) is 1. The van der Waals surface area contributed by atoms with Crippen LogP contribution in [0.25, 0.3) is 11.2 Å². The van der Waals surface area contributed by atoms with Crippen LogP contribution in [0.1, 0.15) is 81.7 Å². The molecule has 33 heavy (non-hydrogen) atoms. The first-order chi connectivity index (χ1) is 15.4. The lowest BCUT2D eigenvalue weighted by molar-refractivity contribution is 0.0826. The van der Waals surface area contributed by atoms with Gasteiger partial charge in [-0.2, -0.15) is 0 Å². The molecule has 2 atom stereocenters. The smallest absolute Gasteiger partial charge is 0.330 e. The van der Waals surface area contributed by atoms with Crippen LogP contribution in [0.4, 0.5) is 0 Å². The van der Waals surface area contributed by atoms with E-state index in [1.807, 2.05) is 16.7 Å². The summed E-state index contributed by atoms with van der Waals surface area (Å²) in [5, 5.41) is 10.6. The normalized spacial score (nSPS) is 20.8. The maximum absolute atomic E-state index is 12.9. The third-order valence-corrected chi connectivity index (χ3v) is 6.83. The molecule has 3 aromatic rings. The van der Waals surface area contributed by atoms with E-state index in [4.69, 9.17) is 9.61 Å². The molecule has 9 nitrogen and oxygen atoms in total. The molecule has 9 heteroatoms. The highest BCUT2D eigenvalue weighted by molar-refractivity contribution is 5.93. The predicted molar refractivity (Wildman–Crippen MR) is 125 cm³/mol. The molecule has 1 amide bonds. The van der Waals surface area contributed by atoms with Gasteiger partial charge in [0.1, 0.15) is 5.69 Å². The SMILES string of the molecule is Cc1nonc1C(=O)NC1CC(c2ccc3c(n2)n(C)c(=O)n3CC(C)(C)C)CCC1(C)C. The molecule has 0 bridgehead atoms. The Hall–Kier alpha value is -2.97. The summed E-state index contributed by atoms with van der Waals surface area (Å²) < 4.78 is 8.14. The Morgan fingerprint density at radius 3 is 2.64 bits per heavy atom. The third kappa shape index (κ3) is 4.45. The maximum Gasteiger partial charge on any atom is 0.330 e. The highest BCUT2D eigenvalue weighted by Gasteiger charge is 2.39. The molecule has 0 aliphatic heterocycles. The highest BCUT2D eigenvalue weighted by Crippen LogP contribution is 2.42. The van der Waals surface area contributed by atoms with Crippen LogP contribution in [-0.2, 0) is 13.6 Å². The number of pyridine rings is 1. The van der Waals surface area contributed by atoms with Crippen molar-refractivity contribution in [1.29, 1.82) is 0 Å². The topological polar surface area (TPSA) is 108 Å². The second kappa shape index (κ2) is 8.11. The molecule has 0 spiro atoms. The van der Waals surface area contributed by atoms with E-state index in [2.05, 4.69) is 50.2 Å². The van der Waals surface area contributed by atoms with E-state index in [0.717, 1.165) is 30.5 Å². The maximum atomic E-state index is 12.9. The van der Waals surface area contributed by atoms with Crippen LogP contribution < -0.4 is 11.0 Å². The van der Waals surface area contributed by atoms with E-state index in [1.54, 1.807) is 18.5 Å². The number of aromatic nitrogens is 5. The van der Waals surface area contributed by atoms with Gasteiger partial charge in [-0.25, -0.2) is 14.4 Å².